The van der Waals surface area contributed by atoms with Crippen molar-refractivity contribution in [1.29, 1.82) is 0 Å². The van der Waals surface area contributed by atoms with E-state index in [2.05, 4.69) is 5.16 Å². The summed E-state index contributed by atoms with van der Waals surface area (Å²) in [5.74, 6) is 1.25. The third kappa shape index (κ3) is 4.21. The molecule has 1 saturated carbocycles. The number of amides is 1. The molecule has 2 N–H and O–H groups in total. The maximum Gasteiger partial charge on any atom is 0.223 e. The largest absolute Gasteiger partial charge is 0.361 e. The molecule has 1 aromatic rings. The highest BCUT2D eigenvalue weighted by atomic mass is 35.5. The van der Waals surface area contributed by atoms with Gasteiger partial charge in [0, 0.05) is 25.6 Å². The van der Waals surface area contributed by atoms with E-state index in [1.807, 2.05) is 13.0 Å². The van der Waals surface area contributed by atoms with E-state index in [0.717, 1.165) is 30.7 Å². The van der Waals surface area contributed by atoms with Crippen LogP contribution in [0.25, 0.3) is 0 Å². The van der Waals surface area contributed by atoms with E-state index >= 15 is 0 Å². The van der Waals surface area contributed by atoms with E-state index in [9.17, 15) is 4.79 Å². The molecule has 19 heavy (non-hydrogen) atoms. The van der Waals surface area contributed by atoms with Crippen LogP contribution in [0.3, 0.4) is 0 Å². The second-order valence-electron chi connectivity index (χ2n) is 5.24. The fraction of sp³-hybridized carbons (Fsp3) is 0.692. The summed E-state index contributed by atoms with van der Waals surface area (Å²) < 4.78 is 4.99. The van der Waals surface area contributed by atoms with Crippen LogP contribution in [0, 0.1) is 12.8 Å². The van der Waals surface area contributed by atoms with Gasteiger partial charge in [-0.15, -0.1) is 12.4 Å². The van der Waals surface area contributed by atoms with Crippen LogP contribution in [-0.4, -0.2) is 29.1 Å². The smallest absolute Gasteiger partial charge is 0.223 e. The standard InChI is InChI=1S/C13H21N3O2.ClH/c1-9-6-11(15-18-9)8-16(2)13(17)7-10-4-3-5-12(10)14;/h6,10,12H,3-5,7-8,14H2,1-2H3;1H/t10-,12+;/m0./s1. The highest BCUT2D eigenvalue weighted by Crippen LogP contribution is 2.27. The highest BCUT2D eigenvalue weighted by molar-refractivity contribution is 5.85. The Hall–Kier alpha value is -1.07. The summed E-state index contributed by atoms with van der Waals surface area (Å²) in [5.41, 5.74) is 6.78. The Labute approximate surface area is 119 Å². The molecule has 2 atom stereocenters. The lowest BCUT2D eigenvalue weighted by Crippen LogP contribution is -2.32. The molecule has 0 radical (unpaired) electrons. The molecule has 0 bridgehead atoms. The van der Waals surface area contributed by atoms with Gasteiger partial charge in [-0.05, 0) is 25.7 Å². The van der Waals surface area contributed by atoms with Gasteiger partial charge < -0.3 is 15.2 Å². The second kappa shape index (κ2) is 6.91. The minimum Gasteiger partial charge on any atom is -0.361 e. The maximum atomic E-state index is 12.1. The van der Waals surface area contributed by atoms with Crippen molar-refractivity contribution >= 4 is 18.3 Å². The van der Waals surface area contributed by atoms with E-state index in [-0.39, 0.29) is 24.4 Å². The topological polar surface area (TPSA) is 72.4 Å². The molecule has 0 unspecified atom stereocenters. The predicted molar refractivity (Wildman–Crippen MR) is 74.9 cm³/mol. The molecule has 1 aliphatic rings. The fourth-order valence-corrected chi connectivity index (χ4v) is 2.52. The molecule has 0 spiro atoms. The van der Waals surface area contributed by atoms with Crippen LogP contribution >= 0.6 is 12.4 Å². The van der Waals surface area contributed by atoms with E-state index < -0.39 is 0 Å². The zero-order chi connectivity index (χ0) is 13.1. The summed E-state index contributed by atoms with van der Waals surface area (Å²) in [4.78, 5) is 13.8. The molecule has 0 aromatic carbocycles. The Morgan fingerprint density at radius 1 is 1.58 bits per heavy atom. The van der Waals surface area contributed by atoms with Gasteiger partial charge in [0.2, 0.25) is 5.91 Å². The number of carbonyl (C=O) groups is 1. The first-order valence-corrected chi connectivity index (χ1v) is 6.48. The van der Waals surface area contributed by atoms with Gasteiger partial charge >= 0.3 is 0 Å². The van der Waals surface area contributed by atoms with Crippen molar-refractivity contribution in [2.75, 3.05) is 7.05 Å². The Morgan fingerprint density at radius 3 is 2.84 bits per heavy atom. The molecule has 1 aromatic heterocycles. The van der Waals surface area contributed by atoms with Gasteiger partial charge in [-0.2, -0.15) is 0 Å². The summed E-state index contributed by atoms with van der Waals surface area (Å²) in [6.45, 7) is 2.34. The van der Waals surface area contributed by atoms with Crippen LogP contribution in [0.5, 0.6) is 0 Å². The summed E-state index contributed by atoms with van der Waals surface area (Å²) in [5, 5.41) is 3.89. The number of halogens is 1. The van der Waals surface area contributed by atoms with E-state index in [1.165, 1.54) is 0 Å². The highest BCUT2D eigenvalue weighted by Gasteiger charge is 2.27. The molecule has 0 saturated heterocycles. The van der Waals surface area contributed by atoms with Crippen molar-refractivity contribution in [2.45, 2.75) is 45.2 Å². The van der Waals surface area contributed by atoms with Crippen LogP contribution in [0.15, 0.2) is 10.6 Å². The van der Waals surface area contributed by atoms with Crippen molar-refractivity contribution < 1.29 is 9.32 Å². The van der Waals surface area contributed by atoms with Crippen LogP contribution < -0.4 is 5.73 Å². The van der Waals surface area contributed by atoms with Crippen LogP contribution in [0.2, 0.25) is 0 Å². The van der Waals surface area contributed by atoms with Gasteiger partial charge in [-0.25, -0.2) is 0 Å². The first kappa shape index (κ1) is 16.0. The average Bonchev–Trinajstić information content (AvgIpc) is 2.89. The van der Waals surface area contributed by atoms with Crippen LogP contribution in [-0.2, 0) is 11.3 Å². The lowest BCUT2D eigenvalue weighted by molar-refractivity contribution is -0.131. The van der Waals surface area contributed by atoms with Gasteiger partial charge in [-0.1, -0.05) is 11.6 Å². The molecule has 1 heterocycles. The SMILES string of the molecule is Cc1cc(CN(C)C(=O)C[C@@H]2CCC[C@H]2N)no1.Cl. The van der Waals surface area contributed by atoms with Gasteiger partial charge in [0.25, 0.3) is 0 Å². The minimum absolute atomic E-state index is 0. The fourth-order valence-electron chi connectivity index (χ4n) is 2.52. The Kier molecular flexibility index (Phi) is 5.82. The molecule has 1 amide bonds. The number of nitrogens with zero attached hydrogens (tertiary/aromatic N) is 2. The van der Waals surface area contributed by atoms with Crippen molar-refractivity contribution in [3.63, 3.8) is 0 Å². The van der Waals surface area contributed by atoms with Crippen molar-refractivity contribution in [3.8, 4) is 0 Å². The van der Waals surface area contributed by atoms with E-state index in [0.29, 0.717) is 18.9 Å². The zero-order valence-corrected chi connectivity index (χ0v) is 12.3. The van der Waals surface area contributed by atoms with Gasteiger partial charge in [-0.3, -0.25) is 4.79 Å². The third-order valence-electron chi connectivity index (χ3n) is 3.66. The summed E-state index contributed by atoms with van der Waals surface area (Å²) >= 11 is 0. The van der Waals surface area contributed by atoms with Gasteiger partial charge in [0.1, 0.15) is 11.5 Å². The summed E-state index contributed by atoms with van der Waals surface area (Å²) in [6, 6.07) is 2.04. The maximum absolute atomic E-state index is 12.1. The summed E-state index contributed by atoms with van der Waals surface area (Å²) in [7, 11) is 1.80. The molecule has 0 aliphatic heterocycles. The number of nitrogens with two attached hydrogens (primary N) is 1. The Morgan fingerprint density at radius 2 is 2.32 bits per heavy atom. The number of rotatable bonds is 4. The number of hydrogen-bond donors (Lipinski definition) is 1. The quantitative estimate of drug-likeness (QED) is 0.918. The van der Waals surface area contributed by atoms with Crippen LogP contribution in [0.4, 0.5) is 0 Å². The molecule has 5 nitrogen and oxygen atoms in total. The first-order chi connectivity index (χ1) is 8.56. The molecular weight excluding hydrogens is 266 g/mol. The van der Waals surface area contributed by atoms with Crippen molar-refractivity contribution in [1.82, 2.24) is 10.1 Å². The molecule has 2 rings (SSSR count). The lowest BCUT2D eigenvalue weighted by Gasteiger charge is -2.20. The molecule has 108 valence electrons. The minimum atomic E-state index is 0. The van der Waals surface area contributed by atoms with Crippen molar-refractivity contribution in [3.05, 3.63) is 17.5 Å². The summed E-state index contributed by atoms with van der Waals surface area (Å²) in [6.07, 6.45) is 3.81. The van der Waals surface area contributed by atoms with Crippen molar-refractivity contribution in [2.24, 2.45) is 11.7 Å². The first-order valence-electron chi connectivity index (χ1n) is 6.48. The molecular formula is C13H22ClN3O2. The average molecular weight is 288 g/mol. The van der Waals surface area contributed by atoms with E-state index in [4.69, 9.17) is 10.3 Å². The van der Waals surface area contributed by atoms with E-state index in [1.54, 1.807) is 11.9 Å². The monoisotopic (exact) mass is 287 g/mol. The Bertz CT molecular complexity index is 422. The Balaban J connectivity index is 0.00000180. The van der Waals surface area contributed by atoms with Crippen LogP contribution in [0.1, 0.15) is 37.1 Å². The molecule has 1 aliphatic carbocycles. The zero-order valence-electron chi connectivity index (χ0n) is 11.5. The van der Waals surface area contributed by atoms with Gasteiger partial charge in [0.15, 0.2) is 0 Å². The number of aromatic nitrogens is 1. The number of hydrogen-bond acceptors (Lipinski definition) is 4. The van der Waals surface area contributed by atoms with Gasteiger partial charge in [0.05, 0.1) is 6.54 Å². The number of carbonyl (C=O) groups excluding carboxylic acids is 1. The molecule has 6 heteroatoms. The third-order valence-corrected chi connectivity index (χ3v) is 3.66. The second-order valence-corrected chi connectivity index (χ2v) is 5.24. The molecule has 1 fully saturated rings. The number of aryl methyl sites for hydroxylation is 1. The lowest BCUT2D eigenvalue weighted by atomic mass is 9.99. The normalized spacial score (nSPS) is 22.1. The predicted octanol–water partition coefficient (Wildman–Crippen LogP) is 1.88.